The summed E-state index contributed by atoms with van der Waals surface area (Å²) in [4.78, 5) is 3.78. The van der Waals surface area contributed by atoms with Crippen LogP contribution < -0.4 is 14.2 Å². The van der Waals surface area contributed by atoms with E-state index >= 15 is 0 Å². The van der Waals surface area contributed by atoms with Crippen LogP contribution in [0.25, 0.3) is 17.3 Å². The zero-order valence-electron chi connectivity index (χ0n) is 19.8. The molecule has 0 saturated carbocycles. The van der Waals surface area contributed by atoms with Gasteiger partial charge in [-0.25, -0.2) is 12.8 Å². The van der Waals surface area contributed by atoms with E-state index in [0.717, 1.165) is 12.3 Å². The summed E-state index contributed by atoms with van der Waals surface area (Å²) in [6.07, 6.45) is -0.652. The number of ether oxygens (including phenoxy) is 2. The summed E-state index contributed by atoms with van der Waals surface area (Å²) in [5.74, 6) is 0.994. The molecule has 190 valence electrons. The van der Waals surface area contributed by atoms with Crippen LogP contribution in [0.1, 0.15) is 24.5 Å². The van der Waals surface area contributed by atoms with Crippen molar-refractivity contribution in [2.24, 2.45) is 0 Å². The summed E-state index contributed by atoms with van der Waals surface area (Å²) < 4.78 is 60.3. The fourth-order valence-electron chi connectivity index (χ4n) is 3.52. The number of halogens is 1. The van der Waals surface area contributed by atoms with E-state index in [0.29, 0.717) is 28.7 Å². The van der Waals surface area contributed by atoms with Crippen molar-refractivity contribution >= 4 is 16.0 Å². The molecule has 3 aromatic heterocycles. The summed E-state index contributed by atoms with van der Waals surface area (Å²) in [6.45, 7) is 3.04. The number of pyridine rings is 1. The zero-order chi connectivity index (χ0) is 26.0. The standard InChI is InChI=1S/C23H24FN5O6S/c1-13-8-11-19(35-13)22-26-27-23(29(22)20-17(33-3)6-5-7-18(20)34-4)28-36(31,32)14(2)21(30)16-10-9-15(24)12-25-16/h5-12,14,21,30H,1-4H3,(H,27,28). The maximum Gasteiger partial charge on any atom is 0.243 e. The lowest BCUT2D eigenvalue weighted by atomic mass is 10.2. The molecule has 0 bridgehead atoms. The minimum Gasteiger partial charge on any atom is -0.494 e. The van der Waals surface area contributed by atoms with Gasteiger partial charge in [-0.3, -0.25) is 14.3 Å². The van der Waals surface area contributed by atoms with Crippen LogP contribution in [0.5, 0.6) is 11.5 Å². The highest BCUT2D eigenvalue weighted by Gasteiger charge is 2.33. The van der Waals surface area contributed by atoms with Crippen LogP contribution in [0.15, 0.2) is 53.1 Å². The van der Waals surface area contributed by atoms with Gasteiger partial charge in [0.1, 0.15) is 40.1 Å². The number of benzene rings is 1. The van der Waals surface area contributed by atoms with Crippen LogP contribution in [-0.4, -0.2) is 52.7 Å². The monoisotopic (exact) mass is 517 g/mol. The van der Waals surface area contributed by atoms with Crippen LogP contribution in [-0.2, 0) is 10.0 Å². The summed E-state index contributed by atoms with van der Waals surface area (Å²) in [5, 5.41) is 17.4. The fourth-order valence-corrected chi connectivity index (χ4v) is 4.57. The molecule has 4 aromatic rings. The molecule has 0 spiro atoms. The number of aryl methyl sites for hydroxylation is 1. The third kappa shape index (κ3) is 4.75. The van der Waals surface area contributed by atoms with Gasteiger partial charge >= 0.3 is 0 Å². The van der Waals surface area contributed by atoms with Crippen molar-refractivity contribution in [1.29, 1.82) is 0 Å². The van der Waals surface area contributed by atoms with Crippen LogP contribution >= 0.6 is 0 Å². The number of nitrogens with one attached hydrogen (secondary N) is 1. The molecule has 2 atom stereocenters. The van der Waals surface area contributed by atoms with E-state index < -0.39 is 27.2 Å². The lowest BCUT2D eigenvalue weighted by Gasteiger charge is -2.21. The van der Waals surface area contributed by atoms with Crippen molar-refractivity contribution in [2.75, 3.05) is 18.9 Å². The lowest BCUT2D eigenvalue weighted by Crippen LogP contribution is -2.32. The van der Waals surface area contributed by atoms with Crippen molar-refractivity contribution < 1.29 is 31.8 Å². The molecule has 0 amide bonds. The van der Waals surface area contributed by atoms with Gasteiger partial charge in [0.25, 0.3) is 0 Å². The molecule has 0 aliphatic carbocycles. The number of furan rings is 1. The number of aromatic nitrogens is 4. The number of nitrogens with zero attached hydrogens (tertiary/aromatic N) is 4. The molecule has 2 unspecified atom stereocenters. The van der Waals surface area contributed by atoms with E-state index in [2.05, 4.69) is 19.9 Å². The minimum atomic E-state index is -4.27. The van der Waals surface area contributed by atoms with E-state index in [4.69, 9.17) is 13.9 Å². The molecular formula is C23H24FN5O6S. The number of para-hydroxylation sites is 1. The van der Waals surface area contributed by atoms with Gasteiger partial charge in [0.2, 0.25) is 21.8 Å². The van der Waals surface area contributed by atoms with Gasteiger partial charge in [-0.2, -0.15) is 0 Å². The Balaban J connectivity index is 1.81. The van der Waals surface area contributed by atoms with Crippen molar-refractivity contribution in [1.82, 2.24) is 19.7 Å². The van der Waals surface area contributed by atoms with Gasteiger partial charge in [-0.1, -0.05) is 6.07 Å². The summed E-state index contributed by atoms with van der Waals surface area (Å²) in [5.41, 5.74) is 0.316. The number of methoxy groups -OCH3 is 2. The van der Waals surface area contributed by atoms with E-state index in [1.165, 1.54) is 31.8 Å². The minimum absolute atomic E-state index is 0.00566. The number of anilines is 1. The van der Waals surface area contributed by atoms with Crippen molar-refractivity contribution in [3.05, 3.63) is 65.9 Å². The van der Waals surface area contributed by atoms with Crippen molar-refractivity contribution in [3.63, 3.8) is 0 Å². The summed E-state index contributed by atoms with van der Waals surface area (Å²) >= 11 is 0. The molecule has 3 heterocycles. The Morgan fingerprint density at radius 3 is 2.33 bits per heavy atom. The van der Waals surface area contributed by atoms with E-state index in [9.17, 15) is 17.9 Å². The summed E-state index contributed by atoms with van der Waals surface area (Å²) in [7, 11) is -1.36. The molecule has 2 N–H and O–H groups in total. The van der Waals surface area contributed by atoms with Gasteiger partial charge < -0.3 is 19.0 Å². The van der Waals surface area contributed by atoms with E-state index in [1.54, 1.807) is 37.3 Å². The molecule has 13 heteroatoms. The van der Waals surface area contributed by atoms with Crippen LogP contribution in [0, 0.1) is 12.7 Å². The Hall–Kier alpha value is -3.97. The number of hydrogen-bond donors (Lipinski definition) is 2. The van der Waals surface area contributed by atoms with Crippen LogP contribution in [0.2, 0.25) is 0 Å². The largest absolute Gasteiger partial charge is 0.494 e. The molecule has 11 nitrogen and oxygen atoms in total. The molecule has 0 aliphatic rings. The average molecular weight is 518 g/mol. The van der Waals surface area contributed by atoms with Gasteiger partial charge in [-0.15, -0.1) is 10.2 Å². The second-order valence-corrected chi connectivity index (χ2v) is 9.84. The Labute approximate surface area is 206 Å². The molecule has 1 aromatic carbocycles. The Bertz CT molecular complexity index is 1450. The quantitative estimate of drug-likeness (QED) is 0.342. The first-order valence-electron chi connectivity index (χ1n) is 10.7. The predicted molar refractivity (Wildman–Crippen MR) is 128 cm³/mol. The molecule has 4 rings (SSSR count). The molecule has 0 radical (unpaired) electrons. The smallest absolute Gasteiger partial charge is 0.243 e. The highest BCUT2D eigenvalue weighted by atomic mass is 32.2. The molecular weight excluding hydrogens is 493 g/mol. The second kappa shape index (κ2) is 9.95. The Morgan fingerprint density at radius 1 is 1.08 bits per heavy atom. The topological polar surface area (TPSA) is 142 Å². The Morgan fingerprint density at radius 2 is 1.78 bits per heavy atom. The first-order chi connectivity index (χ1) is 17.2. The van der Waals surface area contributed by atoms with Crippen molar-refractivity contribution in [2.45, 2.75) is 25.2 Å². The second-order valence-electron chi connectivity index (χ2n) is 7.80. The number of rotatable bonds is 9. The third-order valence-electron chi connectivity index (χ3n) is 5.47. The molecule has 0 saturated heterocycles. The Kier molecular flexibility index (Phi) is 6.95. The fraction of sp³-hybridized carbons (Fsp3) is 0.261. The SMILES string of the molecule is COc1cccc(OC)c1-n1c(NS(=O)(=O)C(C)C(O)c2ccc(F)cn2)nnc1-c1ccc(C)o1. The maximum atomic E-state index is 13.3. The molecule has 0 fully saturated rings. The zero-order valence-corrected chi connectivity index (χ0v) is 20.7. The summed E-state index contributed by atoms with van der Waals surface area (Å²) in [6, 6.07) is 10.7. The average Bonchev–Trinajstić information content (AvgIpc) is 3.48. The third-order valence-corrected chi connectivity index (χ3v) is 7.17. The number of sulfonamides is 1. The van der Waals surface area contributed by atoms with E-state index in [-0.39, 0.29) is 17.5 Å². The predicted octanol–water partition coefficient (Wildman–Crippen LogP) is 3.25. The van der Waals surface area contributed by atoms with Crippen LogP contribution in [0.3, 0.4) is 0 Å². The van der Waals surface area contributed by atoms with E-state index in [1.807, 2.05) is 0 Å². The first-order valence-corrected chi connectivity index (χ1v) is 12.3. The molecule has 0 aliphatic heterocycles. The highest BCUT2D eigenvalue weighted by molar-refractivity contribution is 7.93. The van der Waals surface area contributed by atoms with Gasteiger partial charge in [-0.05, 0) is 50.2 Å². The lowest BCUT2D eigenvalue weighted by molar-refractivity contribution is 0.171. The van der Waals surface area contributed by atoms with Crippen LogP contribution in [0.4, 0.5) is 10.3 Å². The van der Waals surface area contributed by atoms with Gasteiger partial charge in [0.15, 0.2) is 5.76 Å². The highest BCUT2D eigenvalue weighted by Crippen LogP contribution is 2.38. The number of hydrogen-bond acceptors (Lipinski definition) is 9. The first kappa shape index (κ1) is 25.1. The number of aliphatic hydroxyl groups is 1. The normalized spacial score (nSPS) is 13.3. The van der Waals surface area contributed by atoms with Crippen molar-refractivity contribution in [3.8, 4) is 28.8 Å². The van der Waals surface area contributed by atoms with Gasteiger partial charge in [0.05, 0.1) is 26.1 Å². The van der Waals surface area contributed by atoms with Gasteiger partial charge in [0, 0.05) is 0 Å². The maximum absolute atomic E-state index is 13.3. The molecule has 36 heavy (non-hydrogen) atoms. The number of aliphatic hydroxyl groups excluding tert-OH is 1.